The van der Waals surface area contributed by atoms with Crippen LogP contribution in [0.25, 0.3) is 6.08 Å². The van der Waals surface area contributed by atoms with E-state index in [4.69, 9.17) is 16.7 Å². The van der Waals surface area contributed by atoms with Gasteiger partial charge in [0, 0.05) is 24.3 Å². The molecule has 0 aliphatic rings. The van der Waals surface area contributed by atoms with E-state index in [0.29, 0.717) is 11.6 Å². The minimum atomic E-state index is -0.122. The van der Waals surface area contributed by atoms with Gasteiger partial charge in [0.25, 0.3) is 0 Å². The van der Waals surface area contributed by atoms with Crippen LogP contribution in [0.3, 0.4) is 0 Å². The molecule has 0 bridgehead atoms. The van der Waals surface area contributed by atoms with Gasteiger partial charge in [-0.2, -0.15) is 0 Å². The summed E-state index contributed by atoms with van der Waals surface area (Å²) in [4.78, 5) is 11.8. The maximum Gasteiger partial charge on any atom is 0.244 e. The van der Waals surface area contributed by atoms with Crippen molar-refractivity contribution in [3.05, 3.63) is 40.4 Å². The maximum atomic E-state index is 11.8. The number of aryl methyl sites for hydroxylation is 1. The second-order valence-corrected chi connectivity index (χ2v) is 6.46. The first-order valence-electron chi connectivity index (χ1n) is 7.17. The normalized spacial score (nSPS) is 11.9. The fourth-order valence-corrected chi connectivity index (χ4v) is 2.10. The van der Waals surface area contributed by atoms with Crippen LogP contribution in [0, 0.1) is 12.3 Å². The van der Waals surface area contributed by atoms with E-state index in [1.807, 2.05) is 25.1 Å². The molecule has 4 heteroatoms. The predicted octanol–water partition coefficient (Wildman–Crippen LogP) is 3.58. The summed E-state index contributed by atoms with van der Waals surface area (Å²) in [6, 6.07) is 5.69. The van der Waals surface area contributed by atoms with Gasteiger partial charge < -0.3 is 10.4 Å². The highest BCUT2D eigenvalue weighted by molar-refractivity contribution is 6.31. The van der Waals surface area contributed by atoms with Crippen molar-refractivity contribution in [2.24, 2.45) is 5.41 Å². The fourth-order valence-electron chi connectivity index (χ4n) is 1.92. The number of benzene rings is 1. The van der Waals surface area contributed by atoms with Crippen molar-refractivity contribution in [1.82, 2.24) is 5.32 Å². The lowest BCUT2D eigenvalue weighted by Crippen LogP contribution is -2.33. The van der Waals surface area contributed by atoms with Crippen molar-refractivity contribution in [3.63, 3.8) is 0 Å². The molecule has 3 nitrogen and oxygen atoms in total. The van der Waals surface area contributed by atoms with Crippen molar-refractivity contribution in [2.45, 2.75) is 33.6 Å². The Labute approximate surface area is 132 Å². The summed E-state index contributed by atoms with van der Waals surface area (Å²) < 4.78 is 0. The second-order valence-electron chi connectivity index (χ2n) is 6.05. The third kappa shape index (κ3) is 6.78. The Kier molecular flexibility index (Phi) is 6.93. The van der Waals surface area contributed by atoms with Crippen LogP contribution in [0.1, 0.15) is 37.8 Å². The molecule has 0 radical (unpaired) electrons. The lowest BCUT2D eigenvalue weighted by atomic mass is 9.88. The summed E-state index contributed by atoms with van der Waals surface area (Å²) in [5.41, 5.74) is 1.91. The number of hydrogen-bond acceptors (Lipinski definition) is 2. The number of hydrogen-bond donors (Lipinski definition) is 2. The Morgan fingerprint density at radius 1 is 1.43 bits per heavy atom. The van der Waals surface area contributed by atoms with Gasteiger partial charge in [0.1, 0.15) is 0 Å². The molecule has 0 spiro atoms. The van der Waals surface area contributed by atoms with E-state index in [1.165, 1.54) is 6.08 Å². The lowest BCUT2D eigenvalue weighted by Gasteiger charge is -2.24. The molecule has 21 heavy (non-hydrogen) atoms. The minimum Gasteiger partial charge on any atom is -0.396 e. The van der Waals surface area contributed by atoms with Gasteiger partial charge in [0.2, 0.25) is 5.91 Å². The molecule has 0 aromatic heterocycles. The molecule has 0 saturated heterocycles. The minimum absolute atomic E-state index is 0.0145. The Morgan fingerprint density at radius 3 is 2.76 bits per heavy atom. The highest BCUT2D eigenvalue weighted by atomic mass is 35.5. The first kappa shape index (κ1) is 17.7. The van der Waals surface area contributed by atoms with Gasteiger partial charge in [-0.25, -0.2) is 0 Å². The van der Waals surface area contributed by atoms with Gasteiger partial charge in [0.15, 0.2) is 0 Å². The number of carbonyl (C=O) groups is 1. The van der Waals surface area contributed by atoms with Crippen LogP contribution in [-0.4, -0.2) is 24.2 Å². The van der Waals surface area contributed by atoms with E-state index in [2.05, 4.69) is 19.2 Å². The van der Waals surface area contributed by atoms with E-state index in [-0.39, 0.29) is 17.9 Å². The number of aliphatic hydroxyl groups excluding tert-OH is 1. The molecule has 2 N–H and O–H groups in total. The van der Waals surface area contributed by atoms with Crippen LogP contribution < -0.4 is 5.32 Å². The summed E-state index contributed by atoms with van der Waals surface area (Å²) in [6.07, 6.45) is 4.89. The van der Waals surface area contributed by atoms with Crippen molar-refractivity contribution < 1.29 is 9.90 Å². The molecule has 1 amide bonds. The van der Waals surface area contributed by atoms with Crippen LogP contribution in [0.4, 0.5) is 0 Å². The third-order valence-electron chi connectivity index (χ3n) is 3.38. The average molecular weight is 310 g/mol. The van der Waals surface area contributed by atoms with Crippen LogP contribution in [0.15, 0.2) is 24.3 Å². The van der Waals surface area contributed by atoms with Crippen LogP contribution >= 0.6 is 11.6 Å². The summed E-state index contributed by atoms with van der Waals surface area (Å²) in [5, 5.41) is 12.4. The monoisotopic (exact) mass is 309 g/mol. The van der Waals surface area contributed by atoms with Crippen molar-refractivity contribution in [2.75, 3.05) is 13.2 Å². The zero-order valence-electron chi connectivity index (χ0n) is 12.9. The maximum absolute atomic E-state index is 11.8. The smallest absolute Gasteiger partial charge is 0.244 e. The SMILES string of the molecule is Cc1ccc(/C=C/C(=O)NCC(C)(C)CCCO)cc1Cl. The highest BCUT2D eigenvalue weighted by Crippen LogP contribution is 2.21. The van der Waals surface area contributed by atoms with Crippen molar-refractivity contribution in [1.29, 1.82) is 0 Å². The van der Waals surface area contributed by atoms with Gasteiger partial charge >= 0.3 is 0 Å². The molecule has 0 unspecified atom stereocenters. The van der Waals surface area contributed by atoms with E-state index in [0.717, 1.165) is 24.0 Å². The molecule has 0 saturated carbocycles. The first-order chi connectivity index (χ1) is 9.84. The third-order valence-corrected chi connectivity index (χ3v) is 3.78. The van der Waals surface area contributed by atoms with Crippen LogP contribution in [0.2, 0.25) is 5.02 Å². The Balaban J connectivity index is 2.49. The number of amides is 1. The number of rotatable bonds is 7. The van der Waals surface area contributed by atoms with E-state index in [1.54, 1.807) is 6.08 Å². The topological polar surface area (TPSA) is 49.3 Å². The average Bonchev–Trinajstić information content (AvgIpc) is 2.44. The largest absolute Gasteiger partial charge is 0.396 e. The molecule has 0 aliphatic carbocycles. The zero-order chi connectivity index (χ0) is 15.9. The molecule has 0 aliphatic heterocycles. The molecule has 1 aromatic rings. The predicted molar refractivity (Wildman–Crippen MR) is 88.3 cm³/mol. The van der Waals surface area contributed by atoms with E-state index in [9.17, 15) is 4.79 Å². The molecule has 116 valence electrons. The first-order valence-corrected chi connectivity index (χ1v) is 7.55. The molecule has 1 aromatic carbocycles. The molecule has 1 rings (SSSR count). The quantitative estimate of drug-likeness (QED) is 0.756. The standard InChI is InChI=1S/C17H24ClNO2/c1-13-5-6-14(11-15(13)18)7-8-16(21)19-12-17(2,3)9-4-10-20/h5-8,11,20H,4,9-10,12H2,1-3H3,(H,19,21)/b8-7+. The molecular weight excluding hydrogens is 286 g/mol. The highest BCUT2D eigenvalue weighted by Gasteiger charge is 2.17. The Morgan fingerprint density at radius 2 is 2.14 bits per heavy atom. The molecule has 0 atom stereocenters. The summed E-state index contributed by atoms with van der Waals surface area (Å²) in [6.45, 7) is 6.87. The van der Waals surface area contributed by atoms with E-state index >= 15 is 0 Å². The van der Waals surface area contributed by atoms with Gasteiger partial charge in [-0.05, 0) is 48.4 Å². The number of halogens is 1. The second kappa shape index (κ2) is 8.20. The fraction of sp³-hybridized carbons (Fsp3) is 0.471. The van der Waals surface area contributed by atoms with Crippen LogP contribution in [0.5, 0.6) is 0 Å². The number of aliphatic hydroxyl groups is 1. The van der Waals surface area contributed by atoms with Crippen molar-refractivity contribution in [3.8, 4) is 0 Å². The summed E-state index contributed by atoms with van der Waals surface area (Å²) >= 11 is 6.04. The Bertz CT molecular complexity index is 510. The lowest BCUT2D eigenvalue weighted by molar-refractivity contribution is -0.116. The molecular formula is C17H24ClNO2. The number of carbonyl (C=O) groups excluding carboxylic acids is 1. The molecule has 0 fully saturated rings. The zero-order valence-corrected chi connectivity index (χ0v) is 13.7. The van der Waals surface area contributed by atoms with Crippen LogP contribution in [-0.2, 0) is 4.79 Å². The van der Waals surface area contributed by atoms with Gasteiger partial charge in [-0.3, -0.25) is 4.79 Å². The summed E-state index contributed by atoms with van der Waals surface area (Å²) in [7, 11) is 0. The number of nitrogens with one attached hydrogen (secondary N) is 1. The van der Waals surface area contributed by atoms with Gasteiger partial charge in [-0.15, -0.1) is 0 Å². The van der Waals surface area contributed by atoms with Gasteiger partial charge in [-0.1, -0.05) is 37.6 Å². The summed E-state index contributed by atoms with van der Waals surface area (Å²) in [5.74, 6) is -0.122. The van der Waals surface area contributed by atoms with Gasteiger partial charge in [0.05, 0.1) is 0 Å². The molecule has 0 heterocycles. The van der Waals surface area contributed by atoms with E-state index < -0.39 is 0 Å². The van der Waals surface area contributed by atoms with Crippen molar-refractivity contribution >= 4 is 23.6 Å². The Hall–Kier alpha value is -1.32.